The molecule has 7 nitrogen and oxygen atoms in total. The molecule has 0 bridgehead atoms. The Labute approximate surface area is 216 Å². The number of aromatic nitrogens is 1. The maximum atomic E-state index is 13.0. The van der Waals surface area contributed by atoms with E-state index in [0.29, 0.717) is 23.4 Å². The third kappa shape index (κ3) is 5.09. The maximum Gasteiger partial charge on any atom is 0.257 e. The number of pyridine rings is 1. The van der Waals surface area contributed by atoms with Gasteiger partial charge in [0.25, 0.3) is 5.91 Å². The van der Waals surface area contributed by atoms with E-state index in [9.17, 15) is 9.59 Å². The standard InChI is InChI=1S/C28H33N5O2S/c1-2-5-26(34)33-14-12-28(19-33)11-4-13-32(18-28)25-10-8-21(17-30-25)27(35)31-23-16-20(7-9-22(23)29)24-6-3-15-36-24/h3,6-10,15-17H,2,4-5,11-14,18-19,29H2,1H3,(H,31,35). The summed E-state index contributed by atoms with van der Waals surface area (Å²) in [5.74, 6) is 0.921. The van der Waals surface area contributed by atoms with E-state index in [2.05, 4.69) is 22.1 Å². The highest BCUT2D eigenvalue weighted by molar-refractivity contribution is 7.13. The molecule has 3 aromatic rings. The number of nitrogen functional groups attached to an aromatic ring is 1. The van der Waals surface area contributed by atoms with Gasteiger partial charge in [-0.1, -0.05) is 19.1 Å². The number of nitrogens with zero attached hydrogens (tertiary/aromatic N) is 3. The van der Waals surface area contributed by atoms with E-state index in [1.807, 2.05) is 52.7 Å². The minimum absolute atomic E-state index is 0.143. The number of benzene rings is 1. The SMILES string of the molecule is CCCC(=O)N1CCC2(CCCN(c3ccc(C(=O)Nc4cc(-c5cccs5)ccc4N)cn3)C2)C1. The average molecular weight is 504 g/mol. The van der Waals surface area contributed by atoms with Crippen LogP contribution < -0.4 is 16.0 Å². The summed E-state index contributed by atoms with van der Waals surface area (Å²) >= 11 is 1.64. The van der Waals surface area contributed by atoms with Crippen molar-refractivity contribution in [3.05, 3.63) is 59.6 Å². The van der Waals surface area contributed by atoms with Crippen molar-refractivity contribution in [1.82, 2.24) is 9.88 Å². The fraction of sp³-hybridized carbons (Fsp3) is 0.393. The normalized spacial score (nSPS) is 19.6. The number of nitrogens with two attached hydrogens (primary N) is 1. The molecule has 188 valence electrons. The van der Waals surface area contributed by atoms with Crippen LogP contribution in [0.1, 0.15) is 49.4 Å². The Morgan fingerprint density at radius 3 is 2.78 bits per heavy atom. The van der Waals surface area contributed by atoms with Gasteiger partial charge in [0, 0.05) is 49.1 Å². The van der Waals surface area contributed by atoms with Gasteiger partial charge in [-0.15, -0.1) is 11.3 Å². The topological polar surface area (TPSA) is 91.6 Å². The van der Waals surface area contributed by atoms with Gasteiger partial charge in [0.1, 0.15) is 5.82 Å². The molecule has 5 rings (SSSR count). The zero-order valence-electron chi connectivity index (χ0n) is 20.7. The van der Waals surface area contributed by atoms with Gasteiger partial charge in [0.15, 0.2) is 0 Å². The largest absolute Gasteiger partial charge is 0.397 e. The lowest BCUT2D eigenvalue weighted by Gasteiger charge is -2.41. The molecule has 36 heavy (non-hydrogen) atoms. The molecule has 4 heterocycles. The molecule has 1 unspecified atom stereocenters. The minimum atomic E-state index is -0.236. The van der Waals surface area contributed by atoms with Gasteiger partial charge in [-0.05, 0) is 67.0 Å². The first-order valence-corrected chi connectivity index (χ1v) is 13.6. The molecule has 0 saturated carbocycles. The van der Waals surface area contributed by atoms with Crippen LogP contribution in [0.25, 0.3) is 10.4 Å². The van der Waals surface area contributed by atoms with E-state index in [0.717, 1.165) is 68.1 Å². The summed E-state index contributed by atoms with van der Waals surface area (Å²) in [6.07, 6.45) is 6.44. The van der Waals surface area contributed by atoms with Crippen molar-refractivity contribution >= 4 is 40.3 Å². The Morgan fingerprint density at radius 2 is 2.03 bits per heavy atom. The van der Waals surface area contributed by atoms with E-state index in [-0.39, 0.29) is 17.2 Å². The van der Waals surface area contributed by atoms with Crippen molar-refractivity contribution in [2.24, 2.45) is 5.41 Å². The number of piperidine rings is 1. The van der Waals surface area contributed by atoms with Crippen molar-refractivity contribution in [2.75, 3.05) is 42.1 Å². The Morgan fingerprint density at radius 1 is 1.14 bits per heavy atom. The molecule has 2 aliphatic rings. The molecule has 2 saturated heterocycles. The number of nitrogens with one attached hydrogen (secondary N) is 1. The molecule has 0 aliphatic carbocycles. The molecular formula is C28H33N5O2S. The zero-order valence-corrected chi connectivity index (χ0v) is 21.5. The van der Waals surface area contributed by atoms with E-state index >= 15 is 0 Å². The van der Waals surface area contributed by atoms with E-state index in [4.69, 9.17) is 5.73 Å². The van der Waals surface area contributed by atoms with Gasteiger partial charge < -0.3 is 20.9 Å². The molecule has 8 heteroatoms. The van der Waals surface area contributed by atoms with E-state index < -0.39 is 0 Å². The Kier molecular flexibility index (Phi) is 6.96. The van der Waals surface area contributed by atoms with E-state index in [1.165, 1.54) is 0 Å². The number of hydrogen-bond acceptors (Lipinski definition) is 6. The summed E-state index contributed by atoms with van der Waals surface area (Å²) in [5, 5.41) is 4.97. The third-order valence-electron chi connectivity index (χ3n) is 7.36. The summed E-state index contributed by atoms with van der Waals surface area (Å²) in [4.78, 5) is 35.5. The van der Waals surface area contributed by atoms with Crippen LogP contribution >= 0.6 is 11.3 Å². The van der Waals surface area contributed by atoms with E-state index in [1.54, 1.807) is 17.5 Å². The predicted molar refractivity (Wildman–Crippen MR) is 146 cm³/mol. The van der Waals surface area contributed by atoms with Gasteiger partial charge in [-0.2, -0.15) is 0 Å². The molecule has 1 spiro atoms. The van der Waals surface area contributed by atoms with Crippen molar-refractivity contribution in [1.29, 1.82) is 0 Å². The first-order chi connectivity index (χ1) is 17.5. The Balaban J connectivity index is 1.24. The number of rotatable bonds is 6. The summed E-state index contributed by atoms with van der Waals surface area (Å²) in [6, 6.07) is 13.5. The molecule has 2 fully saturated rings. The van der Waals surface area contributed by atoms with Gasteiger partial charge in [0.05, 0.1) is 16.9 Å². The summed E-state index contributed by atoms with van der Waals surface area (Å²) in [7, 11) is 0. The maximum absolute atomic E-state index is 13.0. The number of carbonyl (C=O) groups excluding carboxylic acids is 2. The second-order valence-corrected chi connectivity index (χ2v) is 10.9. The zero-order chi connectivity index (χ0) is 25.1. The van der Waals surface area contributed by atoms with Crippen LogP contribution in [0.5, 0.6) is 0 Å². The number of hydrogen-bond donors (Lipinski definition) is 2. The molecule has 2 aliphatic heterocycles. The Hall–Kier alpha value is -3.39. The second-order valence-electron chi connectivity index (χ2n) is 9.98. The highest BCUT2D eigenvalue weighted by Crippen LogP contribution is 2.40. The van der Waals surface area contributed by atoms with Crippen molar-refractivity contribution < 1.29 is 9.59 Å². The van der Waals surface area contributed by atoms with Crippen LogP contribution in [-0.4, -0.2) is 47.9 Å². The van der Waals surface area contributed by atoms with Crippen molar-refractivity contribution in [3.63, 3.8) is 0 Å². The molecule has 0 radical (unpaired) electrons. The smallest absolute Gasteiger partial charge is 0.257 e. The lowest BCUT2D eigenvalue weighted by atomic mass is 9.79. The minimum Gasteiger partial charge on any atom is -0.397 e. The lowest BCUT2D eigenvalue weighted by Crippen LogP contribution is -2.45. The van der Waals surface area contributed by atoms with Gasteiger partial charge in [-0.25, -0.2) is 4.98 Å². The highest BCUT2D eigenvalue weighted by Gasteiger charge is 2.42. The first kappa shape index (κ1) is 24.3. The quantitative estimate of drug-likeness (QED) is 0.448. The van der Waals surface area contributed by atoms with Crippen LogP contribution in [0.2, 0.25) is 0 Å². The summed E-state index contributed by atoms with van der Waals surface area (Å²) in [5.41, 5.74) is 8.90. The number of thiophene rings is 1. The summed E-state index contributed by atoms with van der Waals surface area (Å²) < 4.78 is 0. The van der Waals surface area contributed by atoms with Crippen LogP contribution in [0.4, 0.5) is 17.2 Å². The number of anilines is 3. The van der Waals surface area contributed by atoms with Crippen molar-refractivity contribution in [3.8, 4) is 10.4 Å². The number of carbonyl (C=O) groups is 2. The molecule has 1 atom stereocenters. The molecule has 1 aromatic carbocycles. The molecule has 2 amide bonds. The van der Waals surface area contributed by atoms with Crippen LogP contribution in [0.15, 0.2) is 54.0 Å². The van der Waals surface area contributed by atoms with Crippen molar-refractivity contribution in [2.45, 2.75) is 39.0 Å². The average Bonchev–Trinajstić information content (AvgIpc) is 3.57. The van der Waals surface area contributed by atoms with Crippen LogP contribution in [0.3, 0.4) is 0 Å². The summed E-state index contributed by atoms with van der Waals surface area (Å²) in [6.45, 7) is 5.59. The van der Waals surface area contributed by atoms with Gasteiger partial charge in [0.2, 0.25) is 5.91 Å². The lowest BCUT2D eigenvalue weighted by molar-refractivity contribution is -0.130. The van der Waals surface area contributed by atoms with Crippen LogP contribution in [0, 0.1) is 5.41 Å². The molecule has 2 aromatic heterocycles. The number of likely N-dealkylation sites (tertiary alicyclic amines) is 1. The Bertz CT molecular complexity index is 1230. The van der Waals surface area contributed by atoms with Gasteiger partial charge in [-0.3, -0.25) is 9.59 Å². The highest BCUT2D eigenvalue weighted by atomic mass is 32.1. The number of amides is 2. The monoisotopic (exact) mass is 503 g/mol. The molecular weight excluding hydrogens is 470 g/mol. The van der Waals surface area contributed by atoms with Gasteiger partial charge >= 0.3 is 0 Å². The third-order valence-corrected chi connectivity index (χ3v) is 8.28. The predicted octanol–water partition coefficient (Wildman–Crippen LogP) is 5.26. The fourth-order valence-electron chi connectivity index (χ4n) is 5.42. The van der Waals surface area contributed by atoms with Crippen LogP contribution in [-0.2, 0) is 4.79 Å². The second kappa shape index (κ2) is 10.3. The molecule has 3 N–H and O–H groups in total. The first-order valence-electron chi connectivity index (χ1n) is 12.7. The fourth-order valence-corrected chi connectivity index (χ4v) is 6.14.